The van der Waals surface area contributed by atoms with Gasteiger partial charge in [-0.2, -0.15) is 4.31 Å². The molecule has 2 fully saturated rings. The lowest BCUT2D eigenvalue weighted by molar-refractivity contribution is -0.139. The van der Waals surface area contributed by atoms with Gasteiger partial charge in [0.15, 0.2) is 0 Å². The number of nitrogens with zero attached hydrogens (tertiary/aromatic N) is 3. The van der Waals surface area contributed by atoms with E-state index in [1.807, 2.05) is 12.1 Å². The molecule has 2 aliphatic heterocycles. The Morgan fingerprint density at radius 2 is 1.97 bits per heavy atom. The van der Waals surface area contributed by atoms with E-state index in [0.717, 1.165) is 34.8 Å². The van der Waals surface area contributed by atoms with Gasteiger partial charge in [0.1, 0.15) is 16.5 Å². The van der Waals surface area contributed by atoms with Gasteiger partial charge in [0.2, 0.25) is 15.9 Å². The van der Waals surface area contributed by atoms with Crippen LogP contribution in [0.1, 0.15) is 31.2 Å². The zero-order chi connectivity index (χ0) is 23.4. The maximum absolute atomic E-state index is 14.1. The Balaban J connectivity index is 1.44. The number of sulfonamides is 1. The third-order valence-electron chi connectivity index (χ3n) is 6.17. The van der Waals surface area contributed by atoms with E-state index in [0.29, 0.717) is 38.6 Å². The summed E-state index contributed by atoms with van der Waals surface area (Å²) in [5.41, 5.74) is 0.908. The van der Waals surface area contributed by atoms with Crippen molar-refractivity contribution in [3.8, 4) is 0 Å². The molecular formula is C23H27F2N3O4S. The van der Waals surface area contributed by atoms with Gasteiger partial charge >= 0.3 is 0 Å². The maximum atomic E-state index is 14.1. The number of carbonyl (C=O) groups excluding carboxylic acids is 1. The Morgan fingerprint density at radius 1 is 1.18 bits per heavy atom. The highest BCUT2D eigenvalue weighted by Gasteiger charge is 2.36. The fourth-order valence-electron chi connectivity index (χ4n) is 4.39. The van der Waals surface area contributed by atoms with Crippen LogP contribution >= 0.6 is 0 Å². The molecule has 1 aromatic heterocycles. The molecule has 1 unspecified atom stereocenters. The summed E-state index contributed by atoms with van der Waals surface area (Å²) in [6.07, 6.45) is 5.86. The Kier molecular flexibility index (Phi) is 7.35. The number of benzene rings is 1. The molecule has 0 radical (unpaired) electrons. The van der Waals surface area contributed by atoms with Crippen LogP contribution in [0.2, 0.25) is 0 Å². The molecule has 7 nitrogen and oxygen atoms in total. The molecule has 0 saturated carbocycles. The van der Waals surface area contributed by atoms with E-state index in [1.165, 1.54) is 0 Å². The summed E-state index contributed by atoms with van der Waals surface area (Å²) >= 11 is 0. The standard InChI is InChI=1S/C23H27F2N3O4S/c24-19-5-6-21(25)22(13-19)33(30,31)28-10-7-18(8-11-28)23(29)27(16-20-4-2-12-32-20)15-17-3-1-9-26-14-17/h1,3,5-6,9,13-14,18,20H,2,4,7-8,10-12,15-16H2. The molecule has 2 aromatic rings. The van der Waals surface area contributed by atoms with Gasteiger partial charge in [0.05, 0.1) is 6.10 Å². The molecule has 3 heterocycles. The molecule has 0 N–H and O–H groups in total. The van der Waals surface area contributed by atoms with E-state index < -0.39 is 26.6 Å². The Labute approximate surface area is 192 Å². The number of carbonyl (C=O) groups is 1. The smallest absolute Gasteiger partial charge is 0.246 e. The first kappa shape index (κ1) is 23.7. The second kappa shape index (κ2) is 10.2. The number of hydrogen-bond acceptors (Lipinski definition) is 5. The van der Waals surface area contributed by atoms with E-state index in [9.17, 15) is 22.0 Å². The summed E-state index contributed by atoms with van der Waals surface area (Å²) in [6, 6.07) is 6.10. The molecule has 178 valence electrons. The second-order valence-electron chi connectivity index (χ2n) is 8.47. The van der Waals surface area contributed by atoms with Gasteiger partial charge in [-0.05, 0) is 55.5 Å². The first-order valence-corrected chi connectivity index (χ1v) is 12.5. The minimum atomic E-state index is -4.19. The number of halogens is 2. The van der Waals surface area contributed by atoms with Gasteiger partial charge in [0, 0.05) is 51.1 Å². The van der Waals surface area contributed by atoms with E-state index in [1.54, 1.807) is 17.3 Å². The van der Waals surface area contributed by atoms with Crippen molar-refractivity contribution in [2.45, 2.75) is 43.2 Å². The number of amides is 1. The van der Waals surface area contributed by atoms with Crippen molar-refractivity contribution < 1.29 is 26.7 Å². The third kappa shape index (κ3) is 5.56. The fraction of sp³-hybridized carbons (Fsp3) is 0.478. The molecule has 1 amide bonds. The minimum Gasteiger partial charge on any atom is -0.376 e. The van der Waals surface area contributed by atoms with E-state index in [4.69, 9.17) is 4.74 Å². The molecule has 1 atom stereocenters. The zero-order valence-corrected chi connectivity index (χ0v) is 19.0. The van der Waals surface area contributed by atoms with Crippen molar-refractivity contribution in [2.24, 2.45) is 5.92 Å². The summed E-state index contributed by atoms with van der Waals surface area (Å²) in [6.45, 7) is 1.69. The van der Waals surface area contributed by atoms with Crippen molar-refractivity contribution in [1.29, 1.82) is 0 Å². The first-order valence-electron chi connectivity index (χ1n) is 11.1. The fourth-order valence-corrected chi connectivity index (χ4v) is 5.94. The van der Waals surface area contributed by atoms with Crippen molar-refractivity contribution in [1.82, 2.24) is 14.2 Å². The average Bonchev–Trinajstić information content (AvgIpc) is 3.33. The minimum absolute atomic E-state index is 0.0120. The number of rotatable bonds is 7. The van der Waals surface area contributed by atoms with Crippen LogP contribution in [0.25, 0.3) is 0 Å². The molecule has 10 heteroatoms. The zero-order valence-electron chi connectivity index (χ0n) is 18.2. The Hall–Kier alpha value is -2.43. The topological polar surface area (TPSA) is 79.8 Å². The summed E-state index contributed by atoms with van der Waals surface area (Å²) in [5, 5.41) is 0. The monoisotopic (exact) mass is 479 g/mol. The molecule has 0 spiro atoms. The third-order valence-corrected chi connectivity index (χ3v) is 8.08. The highest BCUT2D eigenvalue weighted by atomic mass is 32.2. The Bertz CT molecular complexity index is 1070. The predicted octanol–water partition coefficient (Wildman–Crippen LogP) is 2.97. The normalized spacial score (nSPS) is 20.1. The van der Waals surface area contributed by atoms with E-state index in [-0.39, 0.29) is 31.0 Å². The van der Waals surface area contributed by atoms with Crippen LogP contribution < -0.4 is 0 Å². The van der Waals surface area contributed by atoms with Gasteiger partial charge in [0.25, 0.3) is 0 Å². The van der Waals surface area contributed by atoms with Crippen molar-refractivity contribution >= 4 is 15.9 Å². The van der Waals surface area contributed by atoms with Crippen LogP contribution in [0, 0.1) is 17.6 Å². The summed E-state index contributed by atoms with van der Waals surface area (Å²) < 4.78 is 60.2. The highest BCUT2D eigenvalue weighted by Crippen LogP contribution is 2.28. The maximum Gasteiger partial charge on any atom is 0.246 e. The van der Waals surface area contributed by atoms with Crippen molar-refractivity contribution in [3.05, 3.63) is 59.9 Å². The molecule has 0 aliphatic carbocycles. The van der Waals surface area contributed by atoms with E-state index in [2.05, 4.69) is 4.98 Å². The van der Waals surface area contributed by atoms with Gasteiger partial charge in [-0.3, -0.25) is 9.78 Å². The predicted molar refractivity (Wildman–Crippen MR) is 116 cm³/mol. The van der Waals surface area contributed by atoms with Gasteiger partial charge in [-0.1, -0.05) is 6.07 Å². The molecule has 2 aliphatic rings. The van der Waals surface area contributed by atoms with Crippen LogP contribution in [-0.4, -0.2) is 60.9 Å². The van der Waals surface area contributed by atoms with Crippen LogP contribution in [0.4, 0.5) is 8.78 Å². The number of ether oxygens (including phenoxy) is 1. The molecule has 2 saturated heterocycles. The van der Waals surface area contributed by atoms with E-state index >= 15 is 0 Å². The van der Waals surface area contributed by atoms with Crippen molar-refractivity contribution in [2.75, 3.05) is 26.2 Å². The lowest BCUT2D eigenvalue weighted by atomic mass is 9.96. The second-order valence-corrected chi connectivity index (χ2v) is 10.4. The Morgan fingerprint density at radius 3 is 2.64 bits per heavy atom. The van der Waals surface area contributed by atoms with Gasteiger partial charge in [-0.25, -0.2) is 17.2 Å². The molecule has 0 bridgehead atoms. The van der Waals surface area contributed by atoms with Gasteiger partial charge < -0.3 is 9.64 Å². The number of pyridine rings is 1. The lowest BCUT2D eigenvalue weighted by Crippen LogP contribution is -2.46. The van der Waals surface area contributed by atoms with Crippen molar-refractivity contribution in [3.63, 3.8) is 0 Å². The number of aromatic nitrogens is 1. The quantitative estimate of drug-likeness (QED) is 0.610. The number of piperidine rings is 1. The van der Waals surface area contributed by atoms with Crippen LogP contribution in [0.5, 0.6) is 0 Å². The molecule has 4 rings (SSSR count). The van der Waals surface area contributed by atoms with Gasteiger partial charge in [-0.15, -0.1) is 0 Å². The average molecular weight is 480 g/mol. The summed E-state index contributed by atoms with van der Waals surface area (Å²) in [5.74, 6) is -2.22. The summed E-state index contributed by atoms with van der Waals surface area (Å²) in [7, 11) is -4.19. The SMILES string of the molecule is O=C(C1CCN(S(=O)(=O)c2cc(F)ccc2F)CC1)N(Cc1cccnc1)CC1CCCO1. The van der Waals surface area contributed by atoms with Crippen LogP contribution in [-0.2, 0) is 26.1 Å². The highest BCUT2D eigenvalue weighted by molar-refractivity contribution is 7.89. The molecular weight excluding hydrogens is 452 g/mol. The molecule has 33 heavy (non-hydrogen) atoms. The van der Waals surface area contributed by atoms with Crippen LogP contribution in [0.15, 0.2) is 47.6 Å². The number of hydrogen-bond donors (Lipinski definition) is 0. The van der Waals surface area contributed by atoms with Crippen LogP contribution in [0.3, 0.4) is 0 Å². The summed E-state index contributed by atoms with van der Waals surface area (Å²) in [4.78, 5) is 18.6. The lowest BCUT2D eigenvalue weighted by Gasteiger charge is -2.34. The largest absolute Gasteiger partial charge is 0.376 e. The first-order chi connectivity index (χ1) is 15.8. The molecule has 1 aromatic carbocycles.